The van der Waals surface area contributed by atoms with Gasteiger partial charge in [0.15, 0.2) is 0 Å². The van der Waals surface area contributed by atoms with Crippen molar-refractivity contribution >= 4 is 11.8 Å². The first-order chi connectivity index (χ1) is 6.89. The summed E-state index contributed by atoms with van der Waals surface area (Å²) in [6, 6.07) is 0. The van der Waals surface area contributed by atoms with Crippen LogP contribution in [0.4, 0.5) is 22.0 Å². The lowest BCUT2D eigenvalue weighted by Crippen LogP contribution is -2.52. The van der Waals surface area contributed by atoms with Crippen molar-refractivity contribution in [2.24, 2.45) is 5.41 Å². The fraction of sp³-hybridized carbons (Fsp3) is 0.750. The average molecular weight is 248 g/mol. The van der Waals surface area contributed by atoms with E-state index in [1.165, 1.54) is 0 Å². The summed E-state index contributed by atoms with van der Waals surface area (Å²) in [5.41, 5.74) is -2.56. The van der Waals surface area contributed by atoms with Gasteiger partial charge in [-0.15, -0.1) is 0 Å². The number of halogens is 5. The number of Topliss-reactive ketones (excluding diaryl/α,β-unsaturated/α-hetero) is 1. The molecule has 0 aromatic heterocycles. The summed E-state index contributed by atoms with van der Waals surface area (Å²) >= 11 is 0. The number of carbonyl (C=O) groups is 2. The van der Waals surface area contributed by atoms with Gasteiger partial charge >= 0.3 is 18.1 Å². The Hall–Kier alpha value is -1.21. The quantitative estimate of drug-likeness (QED) is 0.435. The topological polar surface area (TPSA) is 43.4 Å². The molecule has 0 aliphatic rings. The lowest BCUT2D eigenvalue weighted by Gasteiger charge is -2.26. The van der Waals surface area contributed by atoms with Gasteiger partial charge in [0.2, 0.25) is 5.78 Å². The third-order valence-corrected chi connectivity index (χ3v) is 1.90. The molecule has 0 atom stereocenters. The molecule has 0 bridgehead atoms. The van der Waals surface area contributed by atoms with Gasteiger partial charge in [-0.3, -0.25) is 9.59 Å². The van der Waals surface area contributed by atoms with Crippen molar-refractivity contribution < 1.29 is 36.3 Å². The van der Waals surface area contributed by atoms with Crippen LogP contribution < -0.4 is 0 Å². The summed E-state index contributed by atoms with van der Waals surface area (Å²) in [7, 11) is 0.781. The van der Waals surface area contributed by atoms with Crippen molar-refractivity contribution in [2.45, 2.75) is 25.9 Å². The van der Waals surface area contributed by atoms with Crippen LogP contribution in [0.5, 0.6) is 0 Å². The van der Waals surface area contributed by atoms with Crippen molar-refractivity contribution in [3.63, 3.8) is 0 Å². The number of ether oxygens (including phenoxy) is 1. The molecule has 0 unspecified atom stereocenters. The molecule has 94 valence electrons. The molecule has 0 aliphatic heterocycles. The maximum atomic E-state index is 12.6. The third kappa shape index (κ3) is 2.30. The largest absolute Gasteiger partial charge is 0.468 e. The number of methoxy groups -OCH3 is 1. The molecule has 0 saturated carbocycles. The van der Waals surface area contributed by atoms with E-state index in [1.54, 1.807) is 0 Å². The van der Waals surface area contributed by atoms with Crippen LogP contribution in [0.1, 0.15) is 13.8 Å². The Bertz CT molecular complexity index is 305. The first-order valence-corrected chi connectivity index (χ1v) is 3.97. The molecule has 0 aromatic rings. The summed E-state index contributed by atoms with van der Waals surface area (Å²) in [4.78, 5) is 21.9. The zero-order valence-electron chi connectivity index (χ0n) is 8.61. The van der Waals surface area contributed by atoms with Crippen LogP contribution in [-0.2, 0) is 14.3 Å². The van der Waals surface area contributed by atoms with Crippen molar-refractivity contribution in [1.82, 2.24) is 0 Å². The smallest absolute Gasteiger partial charge is 0.461 e. The molecule has 0 amide bonds. The number of alkyl halides is 5. The lowest BCUT2D eigenvalue weighted by molar-refractivity contribution is -0.272. The first kappa shape index (κ1) is 14.8. The molecule has 8 heteroatoms. The van der Waals surface area contributed by atoms with Gasteiger partial charge in [-0.05, 0) is 13.8 Å². The second kappa shape index (κ2) is 3.99. The lowest BCUT2D eigenvalue weighted by atomic mass is 9.84. The van der Waals surface area contributed by atoms with Gasteiger partial charge < -0.3 is 4.74 Å². The van der Waals surface area contributed by atoms with Gasteiger partial charge in [0.25, 0.3) is 0 Å². The van der Waals surface area contributed by atoms with E-state index in [0.29, 0.717) is 13.8 Å². The Labute approximate surface area is 87.6 Å². The summed E-state index contributed by atoms with van der Waals surface area (Å²) in [6.45, 7) is 1.28. The zero-order valence-corrected chi connectivity index (χ0v) is 8.61. The maximum absolute atomic E-state index is 12.6. The summed E-state index contributed by atoms with van der Waals surface area (Å²) in [5.74, 6) is -9.58. The summed E-state index contributed by atoms with van der Waals surface area (Å²) < 4.78 is 64.8. The zero-order chi connectivity index (χ0) is 13.4. The Morgan fingerprint density at radius 3 is 1.62 bits per heavy atom. The monoisotopic (exact) mass is 248 g/mol. The van der Waals surface area contributed by atoms with Gasteiger partial charge in [-0.2, -0.15) is 22.0 Å². The van der Waals surface area contributed by atoms with E-state index in [1.807, 2.05) is 0 Å². The van der Waals surface area contributed by atoms with E-state index >= 15 is 0 Å². The molecular formula is C8H9F5O3. The highest BCUT2D eigenvalue weighted by Crippen LogP contribution is 2.41. The molecular weight excluding hydrogens is 239 g/mol. The molecule has 0 aliphatic carbocycles. The normalized spacial score (nSPS) is 13.5. The predicted octanol–water partition coefficient (Wildman–Crippen LogP) is 1.95. The minimum Gasteiger partial charge on any atom is -0.468 e. The standard InChI is InChI=1S/C8H9F5O3/c1-6(2,5(15)16-3)4(14)7(9,10)8(11,12)13/h1-3H3. The molecule has 0 aromatic carbocycles. The van der Waals surface area contributed by atoms with E-state index in [-0.39, 0.29) is 0 Å². The fourth-order valence-electron chi connectivity index (χ4n) is 0.869. The number of rotatable bonds is 3. The van der Waals surface area contributed by atoms with Crippen molar-refractivity contribution in [1.29, 1.82) is 0 Å². The highest BCUT2D eigenvalue weighted by Gasteiger charge is 2.67. The van der Waals surface area contributed by atoms with Crippen molar-refractivity contribution in [3.8, 4) is 0 Å². The SMILES string of the molecule is COC(=O)C(C)(C)C(=O)C(F)(F)C(F)(F)F. The first-order valence-electron chi connectivity index (χ1n) is 3.97. The van der Waals surface area contributed by atoms with Gasteiger partial charge in [-0.1, -0.05) is 0 Å². The van der Waals surface area contributed by atoms with Crippen LogP contribution in [0.3, 0.4) is 0 Å². The molecule has 0 heterocycles. The summed E-state index contributed by atoms with van der Waals surface area (Å²) in [6.07, 6.45) is -6.03. The number of carbonyl (C=O) groups excluding carboxylic acids is 2. The number of hydrogen-bond donors (Lipinski definition) is 0. The van der Waals surface area contributed by atoms with E-state index in [2.05, 4.69) is 4.74 Å². The van der Waals surface area contributed by atoms with E-state index in [9.17, 15) is 31.5 Å². The molecule has 0 rings (SSSR count). The van der Waals surface area contributed by atoms with Crippen LogP contribution in [0.25, 0.3) is 0 Å². The molecule has 0 fully saturated rings. The van der Waals surface area contributed by atoms with E-state index in [4.69, 9.17) is 0 Å². The average Bonchev–Trinajstić information content (AvgIpc) is 2.13. The van der Waals surface area contributed by atoms with Gasteiger partial charge in [0.05, 0.1) is 7.11 Å². The highest BCUT2D eigenvalue weighted by molar-refractivity contribution is 6.06. The maximum Gasteiger partial charge on any atom is 0.461 e. The van der Waals surface area contributed by atoms with Gasteiger partial charge in [0.1, 0.15) is 5.41 Å². The Balaban J connectivity index is 5.30. The van der Waals surface area contributed by atoms with Crippen molar-refractivity contribution in [3.05, 3.63) is 0 Å². The number of esters is 1. The predicted molar refractivity (Wildman–Crippen MR) is 41.8 cm³/mol. The summed E-state index contributed by atoms with van der Waals surface area (Å²) in [5, 5.41) is 0. The van der Waals surface area contributed by atoms with Crippen LogP contribution in [0, 0.1) is 5.41 Å². The Kier molecular flexibility index (Phi) is 3.68. The Morgan fingerprint density at radius 1 is 1.00 bits per heavy atom. The van der Waals surface area contributed by atoms with Crippen LogP contribution >= 0.6 is 0 Å². The van der Waals surface area contributed by atoms with E-state index in [0.717, 1.165) is 7.11 Å². The fourth-order valence-corrected chi connectivity index (χ4v) is 0.869. The van der Waals surface area contributed by atoms with Crippen LogP contribution in [-0.4, -0.2) is 31.0 Å². The second-order valence-corrected chi connectivity index (χ2v) is 3.52. The second-order valence-electron chi connectivity index (χ2n) is 3.52. The number of hydrogen-bond acceptors (Lipinski definition) is 3. The highest BCUT2D eigenvalue weighted by atomic mass is 19.4. The van der Waals surface area contributed by atoms with E-state index < -0.39 is 29.3 Å². The van der Waals surface area contributed by atoms with Gasteiger partial charge in [0, 0.05) is 0 Å². The molecule has 0 radical (unpaired) electrons. The molecule has 0 saturated heterocycles. The van der Waals surface area contributed by atoms with Crippen LogP contribution in [0.15, 0.2) is 0 Å². The third-order valence-electron chi connectivity index (χ3n) is 1.90. The van der Waals surface area contributed by atoms with Crippen molar-refractivity contribution in [2.75, 3.05) is 7.11 Å². The Morgan fingerprint density at radius 2 is 1.38 bits per heavy atom. The van der Waals surface area contributed by atoms with Crippen LogP contribution in [0.2, 0.25) is 0 Å². The molecule has 16 heavy (non-hydrogen) atoms. The molecule has 0 N–H and O–H groups in total. The van der Waals surface area contributed by atoms with Gasteiger partial charge in [-0.25, -0.2) is 0 Å². The number of ketones is 1. The molecule has 3 nitrogen and oxygen atoms in total. The molecule has 0 spiro atoms. The minimum absolute atomic E-state index is 0.640. The minimum atomic E-state index is -6.03.